The van der Waals surface area contributed by atoms with Crippen LogP contribution >= 0.6 is 0 Å². The summed E-state index contributed by atoms with van der Waals surface area (Å²) in [5.74, 6) is 2.80. The van der Waals surface area contributed by atoms with Crippen molar-refractivity contribution in [1.29, 1.82) is 0 Å². The zero-order valence-corrected chi connectivity index (χ0v) is 42.3. The van der Waals surface area contributed by atoms with Gasteiger partial charge in [-0.2, -0.15) is 0 Å². The highest BCUT2D eigenvalue weighted by Crippen LogP contribution is 2.72. The van der Waals surface area contributed by atoms with Crippen LogP contribution < -0.4 is 4.90 Å². The van der Waals surface area contributed by atoms with Crippen LogP contribution in [-0.2, 0) is 10.8 Å². The Kier molecular flexibility index (Phi) is 9.87. The normalized spacial score (nSPS) is 21.0. The summed E-state index contributed by atoms with van der Waals surface area (Å²) >= 11 is 0. The molecule has 0 aromatic heterocycles. The van der Waals surface area contributed by atoms with Crippen LogP contribution in [0.25, 0.3) is 77.9 Å². The molecule has 16 rings (SSSR count). The number of hydrogen-bond donors (Lipinski definition) is 0. The quantitative estimate of drug-likeness (QED) is 0.147. The topological polar surface area (TPSA) is 3.24 Å². The van der Waals surface area contributed by atoms with Crippen LogP contribution in [0.4, 0.5) is 17.1 Å². The maximum Gasteiger partial charge on any atom is 0.0465 e. The fourth-order valence-electron chi connectivity index (χ4n) is 15.7. The second-order valence-corrected chi connectivity index (χ2v) is 22.8. The number of nitrogens with zero attached hydrogens (tertiary/aromatic N) is 1. The Balaban J connectivity index is 0.972. The molecule has 0 aliphatic heterocycles. The van der Waals surface area contributed by atoms with Crippen LogP contribution in [0.1, 0.15) is 68.2 Å². The zero-order valence-electron chi connectivity index (χ0n) is 42.3. The van der Waals surface area contributed by atoms with Gasteiger partial charge in [-0.3, -0.25) is 0 Å². The first-order valence-corrected chi connectivity index (χ1v) is 27.2. The van der Waals surface area contributed by atoms with E-state index in [2.05, 4.69) is 255 Å². The van der Waals surface area contributed by atoms with Gasteiger partial charge in [0, 0.05) is 27.9 Å². The number of anilines is 3. The smallest absolute Gasteiger partial charge is 0.0465 e. The molecule has 1 nitrogen and oxygen atoms in total. The van der Waals surface area contributed by atoms with Gasteiger partial charge in [-0.25, -0.2) is 0 Å². The Morgan fingerprint density at radius 3 is 1.42 bits per heavy atom. The molecule has 356 valence electrons. The van der Waals surface area contributed by atoms with Gasteiger partial charge in [0.05, 0.1) is 0 Å². The molecule has 0 saturated heterocycles. The Morgan fingerprint density at radius 2 is 0.797 bits per heavy atom. The fraction of sp³-hybridized carbons (Fsp3) is 0.178. The summed E-state index contributed by atoms with van der Waals surface area (Å²) < 4.78 is 0. The van der Waals surface area contributed by atoms with Crippen molar-refractivity contribution in [2.75, 3.05) is 4.90 Å². The zero-order chi connectivity index (χ0) is 49.1. The molecule has 0 N–H and O–H groups in total. The third kappa shape index (κ3) is 6.55. The average molecular weight is 950 g/mol. The van der Waals surface area contributed by atoms with Crippen molar-refractivity contribution in [2.45, 2.75) is 56.8 Å². The molecule has 0 unspecified atom stereocenters. The highest BCUT2D eigenvalue weighted by molar-refractivity contribution is 6.03. The molecule has 0 heterocycles. The van der Waals surface area contributed by atoms with Crippen molar-refractivity contribution in [3.8, 4) is 77.9 Å². The van der Waals surface area contributed by atoms with E-state index in [1.807, 2.05) is 0 Å². The van der Waals surface area contributed by atoms with E-state index in [4.69, 9.17) is 0 Å². The lowest BCUT2D eigenvalue weighted by atomic mass is 9.42. The molecule has 10 aromatic carbocycles. The predicted octanol–water partition coefficient (Wildman–Crippen LogP) is 19.5. The van der Waals surface area contributed by atoms with Crippen LogP contribution in [0.15, 0.2) is 237 Å². The minimum atomic E-state index is -0.239. The van der Waals surface area contributed by atoms with Crippen molar-refractivity contribution >= 4 is 17.1 Å². The highest BCUT2D eigenvalue weighted by Gasteiger charge is 2.63. The van der Waals surface area contributed by atoms with Gasteiger partial charge in [0.15, 0.2) is 0 Å². The lowest BCUT2D eigenvalue weighted by Gasteiger charge is -2.61. The fourth-order valence-corrected chi connectivity index (χ4v) is 15.7. The first-order chi connectivity index (χ1) is 36.4. The molecule has 0 atom stereocenters. The van der Waals surface area contributed by atoms with Crippen molar-refractivity contribution < 1.29 is 0 Å². The molecule has 1 heteroatoms. The monoisotopic (exact) mass is 949 g/mol. The van der Waals surface area contributed by atoms with Crippen molar-refractivity contribution in [2.24, 2.45) is 23.7 Å². The van der Waals surface area contributed by atoms with Gasteiger partial charge in [-0.15, -0.1) is 0 Å². The number of benzene rings is 10. The first-order valence-electron chi connectivity index (χ1n) is 27.2. The maximum absolute atomic E-state index is 2.68. The van der Waals surface area contributed by atoms with Gasteiger partial charge in [-0.05, 0) is 217 Å². The molecule has 4 saturated carbocycles. The van der Waals surface area contributed by atoms with Crippen LogP contribution in [0.5, 0.6) is 0 Å². The van der Waals surface area contributed by atoms with E-state index < -0.39 is 0 Å². The average Bonchev–Trinajstić information content (AvgIpc) is 3.95. The third-order valence-corrected chi connectivity index (χ3v) is 18.6. The number of hydrogen-bond acceptors (Lipinski definition) is 1. The van der Waals surface area contributed by atoms with Crippen LogP contribution in [0, 0.1) is 23.7 Å². The van der Waals surface area contributed by atoms with E-state index >= 15 is 0 Å². The van der Waals surface area contributed by atoms with E-state index in [1.54, 1.807) is 11.1 Å². The van der Waals surface area contributed by atoms with E-state index in [0.29, 0.717) is 11.8 Å². The molecule has 1 spiro atoms. The van der Waals surface area contributed by atoms with Gasteiger partial charge in [0.25, 0.3) is 0 Å². The second-order valence-electron chi connectivity index (χ2n) is 22.8. The summed E-state index contributed by atoms with van der Waals surface area (Å²) in [6.45, 7) is 4.90. The number of rotatable bonds is 8. The number of para-hydroxylation sites is 2. The van der Waals surface area contributed by atoms with Gasteiger partial charge in [0.1, 0.15) is 0 Å². The molecule has 6 aliphatic rings. The van der Waals surface area contributed by atoms with E-state index in [1.165, 1.54) is 127 Å². The summed E-state index contributed by atoms with van der Waals surface area (Å²) in [6.07, 6.45) is 6.67. The Bertz CT molecular complexity index is 3730. The van der Waals surface area contributed by atoms with Crippen molar-refractivity contribution in [1.82, 2.24) is 0 Å². The van der Waals surface area contributed by atoms with E-state index in [-0.39, 0.29) is 10.8 Å². The predicted molar refractivity (Wildman–Crippen MR) is 309 cm³/mol. The summed E-state index contributed by atoms with van der Waals surface area (Å²) in [6, 6.07) is 89.7. The highest BCUT2D eigenvalue weighted by atomic mass is 15.1. The summed E-state index contributed by atoms with van der Waals surface area (Å²) in [4.78, 5) is 2.40. The molecular weight excluding hydrogens is 891 g/mol. The first kappa shape index (κ1) is 43.6. The van der Waals surface area contributed by atoms with Gasteiger partial charge in [0.2, 0.25) is 0 Å². The third-order valence-electron chi connectivity index (χ3n) is 18.6. The van der Waals surface area contributed by atoms with E-state index in [0.717, 1.165) is 23.2 Å². The maximum atomic E-state index is 2.68. The molecule has 4 bridgehead atoms. The summed E-state index contributed by atoms with van der Waals surface area (Å²) in [5, 5.41) is 0. The second kappa shape index (κ2) is 16.8. The molecule has 4 fully saturated rings. The molecule has 0 amide bonds. The minimum Gasteiger partial charge on any atom is -0.310 e. The lowest BCUT2D eigenvalue weighted by Crippen LogP contribution is -2.55. The van der Waals surface area contributed by atoms with Gasteiger partial charge < -0.3 is 4.90 Å². The van der Waals surface area contributed by atoms with E-state index in [9.17, 15) is 0 Å². The van der Waals surface area contributed by atoms with Crippen LogP contribution in [0.3, 0.4) is 0 Å². The van der Waals surface area contributed by atoms with Crippen molar-refractivity contribution in [3.63, 3.8) is 0 Å². The van der Waals surface area contributed by atoms with Gasteiger partial charge >= 0.3 is 0 Å². The Morgan fingerprint density at radius 1 is 0.311 bits per heavy atom. The molecule has 10 aromatic rings. The Hall–Kier alpha value is -8.00. The Labute approximate surface area is 436 Å². The molecule has 6 aliphatic carbocycles. The number of fused-ring (bicyclic) bond motifs is 6. The lowest BCUT2D eigenvalue weighted by molar-refractivity contribution is -0.0396. The van der Waals surface area contributed by atoms with Crippen LogP contribution in [-0.4, -0.2) is 0 Å². The largest absolute Gasteiger partial charge is 0.310 e. The molecule has 74 heavy (non-hydrogen) atoms. The SMILES string of the molecule is CC1(C)c2cc(-c3ccc4c(c3-c3cccc(-c5ccccc5)c3)C3(c5cc(-c6ccccc6)cc(-c6ccccc6)c5-4)C4CC5CC(C4)CC3C5)ccc2-c2ccc(N(c3ccccc3)c3ccccc3)cc21. The van der Waals surface area contributed by atoms with Crippen molar-refractivity contribution in [3.05, 3.63) is 259 Å². The molecule has 0 radical (unpaired) electrons. The minimum absolute atomic E-state index is 0.119. The van der Waals surface area contributed by atoms with Crippen LogP contribution in [0.2, 0.25) is 0 Å². The summed E-state index contributed by atoms with van der Waals surface area (Å²) in [7, 11) is 0. The molecular formula is C73H59N. The van der Waals surface area contributed by atoms with Gasteiger partial charge in [-0.1, -0.05) is 190 Å². The standard InChI is InChI=1S/C73H59N/c1-72(2)66-44-53(31-33-62(66)63-34-32-60(46-67(63)72)74(58-27-14-6-15-28-58)59-29-16-7-17-30-59)61-35-36-64-70-65(51-23-12-5-13-24-51)43-55(50-21-10-4-11-22-50)45-68(70)73(56-38-47-37-48(40-56)41-57(73)39-47)71(64)69(61)54-26-18-25-52(42-54)49-19-8-3-9-20-49/h3-36,42-48,56-57H,37-41H2,1-2H3. The summed E-state index contributed by atoms with van der Waals surface area (Å²) in [5.41, 5.74) is 27.8.